The number of carbonyl (C=O) groups is 2. The minimum atomic E-state index is -1.03. The van der Waals surface area contributed by atoms with Crippen LogP contribution in [0.15, 0.2) is 33.2 Å². The molecule has 0 aromatic heterocycles. The van der Waals surface area contributed by atoms with E-state index in [-0.39, 0.29) is 5.91 Å². The summed E-state index contributed by atoms with van der Waals surface area (Å²) in [5.74, 6) is -3.04. The zero-order chi connectivity index (χ0) is 16.0. The molecular weight excluding hydrogens is 418 g/mol. The third-order valence-corrected chi connectivity index (χ3v) is 6.34. The second kappa shape index (κ2) is 5.79. The SMILES string of the molecule is Cc1ccccc1NC(=O)[C@@H]1[C@@H](C(=O)O)[C@H]2O[C@H]1C(Br)=C2Br. The highest BCUT2D eigenvalue weighted by Crippen LogP contribution is 2.51. The molecule has 0 unspecified atom stereocenters. The Hall–Kier alpha value is -1.18. The highest BCUT2D eigenvalue weighted by molar-refractivity contribution is 9.14. The predicted octanol–water partition coefficient (Wildman–Crippen LogP) is 3.03. The summed E-state index contributed by atoms with van der Waals surface area (Å²) in [6, 6.07) is 7.37. The van der Waals surface area contributed by atoms with E-state index in [0.717, 1.165) is 5.56 Å². The van der Waals surface area contributed by atoms with Gasteiger partial charge in [-0.3, -0.25) is 9.59 Å². The Labute approximate surface area is 144 Å². The van der Waals surface area contributed by atoms with Gasteiger partial charge in [0.25, 0.3) is 0 Å². The number of hydrogen-bond donors (Lipinski definition) is 2. The normalized spacial score (nSPS) is 29.8. The van der Waals surface area contributed by atoms with Gasteiger partial charge in [-0.05, 0) is 18.6 Å². The standard InChI is InChI=1S/C15H13Br2NO4/c1-6-4-2-3-5-7(6)18-14(19)8-9(15(20)21)13-11(17)10(16)12(8)22-13/h2-5,8-9,12-13H,1H3,(H,18,19)(H,20,21)/t8-,9-,12-,13-/m1/s1. The van der Waals surface area contributed by atoms with Crippen LogP contribution in [0.25, 0.3) is 0 Å². The molecule has 2 N–H and O–H groups in total. The summed E-state index contributed by atoms with van der Waals surface area (Å²) in [7, 11) is 0. The molecule has 0 radical (unpaired) electrons. The zero-order valence-corrected chi connectivity index (χ0v) is 14.7. The van der Waals surface area contributed by atoms with E-state index >= 15 is 0 Å². The molecule has 0 saturated carbocycles. The van der Waals surface area contributed by atoms with Gasteiger partial charge in [0.1, 0.15) is 18.1 Å². The van der Waals surface area contributed by atoms with E-state index < -0.39 is 30.0 Å². The largest absolute Gasteiger partial charge is 0.481 e. The molecule has 2 aliphatic heterocycles. The molecule has 2 bridgehead atoms. The van der Waals surface area contributed by atoms with Crippen molar-refractivity contribution < 1.29 is 19.4 Å². The van der Waals surface area contributed by atoms with Gasteiger partial charge in [-0.15, -0.1) is 0 Å². The molecule has 116 valence electrons. The average molecular weight is 431 g/mol. The Bertz CT molecular complexity index is 688. The number of carboxylic acid groups (broad SMARTS) is 1. The summed E-state index contributed by atoms with van der Waals surface area (Å²) < 4.78 is 7.04. The number of carboxylic acids is 1. The van der Waals surface area contributed by atoms with E-state index in [2.05, 4.69) is 37.2 Å². The highest BCUT2D eigenvalue weighted by atomic mass is 79.9. The average Bonchev–Trinajstić information content (AvgIpc) is 2.99. The third-order valence-electron chi connectivity index (χ3n) is 4.05. The molecule has 1 saturated heterocycles. The van der Waals surface area contributed by atoms with E-state index in [1.54, 1.807) is 6.07 Å². The topological polar surface area (TPSA) is 75.6 Å². The van der Waals surface area contributed by atoms with Gasteiger partial charge in [0, 0.05) is 14.7 Å². The van der Waals surface area contributed by atoms with Crippen molar-refractivity contribution in [3.05, 3.63) is 38.8 Å². The zero-order valence-electron chi connectivity index (χ0n) is 11.5. The van der Waals surface area contributed by atoms with Crippen LogP contribution in [-0.4, -0.2) is 29.2 Å². The minimum absolute atomic E-state index is 0.342. The Balaban J connectivity index is 1.89. The van der Waals surface area contributed by atoms with Gasteiger partial charge in [0.15, 0.2) is 0 Å². The molecule has 4 atom stereocenters. The maximum Gasteiger partial charge on any atom is 0.310 e. The first kappa shape index (κ1) is 15.7. The fourth-order valence-electron chi connectivity index (χ4n) is 2.92. The van der Waals surface area contributed by atoms with Crippen molar-refractivity contribution >= 4 is 49.4 Å². The van der Waals surface area contributed by atoms with Crippen molar-refractivity contribution in [1.29, 1.82) is 0 Å². The number of aliphatic carboxylic acids is 1. The number of ether oxygens (including phenoxy) is 1. The number of fused-ring (bicyclic) bond motifs is 2. The molecule has 22 heavy (non-hydrogen) atoms. The van der Waals surface area contributed by atoms with Gasteiger partial charge in [0.05, 0.1) is 5.92 Å². The van der Waals surface area contributed by atoms with Gasteiger partial charge in [-0.2, -0.15) is 0 Å². The summed E-state index contributed by atoms with van der Waals surface area (Å²) >= 11 is 6.72. The number of anilines is 1. The molecule has 1 aromatic carbocycles. The second-order valence-corrected chi connectivity index (χ2v) is 7.08. The Morgan fingerprint density at radius 2 is 1.73 bits per heavy atom. The molecule has 2 aliphatic rings. The van der Waals surface area contributed by atoms with Gasteiger partial charge in [0.2, 0.25) is 5.91 Å². The van der Waals surface area contributed by atoms with Gasteiger partial charge >= 0.3 is 5.97 Å². The van der Waals surface area contributed by atoms with Crippen LogP contribution in [0, 0.1) is 18.8 Å². The van der Waals surface area contributed by atoms with Crippen LogP contribution in [0.1, 0.15) is 5.56 Å². The van der Waals surface area contributed by atoms with Crippen molar-refractivity contribution in [3.63, 3.8) is 0 Å². The number of hydrogen-bond acceptors (Lipinski definition) is 3. The lowest BCUT2D eigenvalue weighted by Crippen LogP contribution is -2.41. The number of nitrogens with one attached hydrogen (secondary N) is 1. The lowest BCUT2D eigenvalue weighted by molar-refractivity contribution is -0.146. The molecular formula is C15H13Br2NO4. The quantitative estimate of drug-likeness (QED) is 0.772. The molecule has 1 fully saturated rings. The fourth-order valence-corrected chi connectivity index (χ4v) is 4.16. The van der Waals surface area contributed by atoms with E-state index in [1.165, 1.54) is 0 Å². The Morgan fingerprint density at radius 1 is 1.14 bits per heavy atom. The lowest BCUT2D eigenvalue weighted by Gasteiger charge is -2.24. The number of benzene rings is 1. The first-order chi connectivity index (χ1) is 10.4. The fraction of sp³-hybridized carbons (Fsp3) is 0.333. The summed E-state index contributed by atoms with van der Waals surface area (Å²) in [4.78, 5) is 24.2. The first-order valence-corrected chi connectivity index (χ1v) is 8.30. The van der Waals surface area contributed by atoms with Crippen LogP contribution in [0.3, 0.4) is 0 Å². The summed E-state index contributed by atoms with van der Waals surface area (Å²) in [5, 5.41) is 12.3. The van der Waals surface area contributed by atoms with E-state index in [0.29, 0.717) is 14.7 Å². The van der Waals surface area contributed by atoms with Crippen LogP contribution < -0.4 is 5.32 Å². The molecule has 2 heterocycles. The van der Waals surface area contributed by atoms with Crippen LogP contribution in [0.4, 0.5) is 5.69 Å². The van der Waals surface area contributed by atoms with Crippen molar-refractivity contribution in [2.45, 2.75) is 19.1 Å². The van der Waals surface area contributed by atoms with Crippen LogP contribution in [0.5, 0.6) is 0 Å². The van der Waals surface area contributed by atoms with Gasteiger partial charge in [-0.1, -0.05) is 50.1 Å². The molecule has 0 aliphatic carbocycles. The van der Waals surface area contributed by atoms with Crippen molar-refractivity contribution in [2.75, 3.05) is 5.32 Å². The van der Waals surface area contributed by atoms with Crippen molar-refractivity contribution in [2.24, 2.45) is 11.8 Å². The highest BCUT2D eigenvalue weighted by Gasteiger charge is 2.58. The van der Waals surface area contributed by atoms with Crippen molar-refractivity contribution in [1.82, 2.24) is 0 Å². The molecule has 1 aromatic rings. The summed E-state index contributed by atoms with van der Waals surface area (Å²) in [5.41, 5.74) is 1.60. The number of halogens is 2. The monoisotopic (exact) mass is 429 g/mol. The summed E-state index contributed by atoms with van der Waals surface area (Å²) in [6.07, 6.45) is -1.19. The van der Waals surface area contributed by atoms with Crippen LogP contribution >= 0.6 is 31.9 Å². The molecule has 7 heteroatoms. The third kappa shape index (κ3) is 2.41. The predicted molar refractivity (Wildman–Crippen MR) is 88.0 cm³/mol. The first-order valence-electron chi connectivity index (χ1n) is 6.71. The minimum Gasteiger partial charge on any atom is -0.481 e. The van der Waals surface area contributed by atoms with Gasteiger partial charge in [-0.25, -0.2) is 0 Å². The van der Waals surface area contributed by atoms with E-state index in [1.807, 2.05) is 25.1 Å². The number of para-hydroxylation sites is 1. The second-order valence-electron chi connectivity index (χ2n) is 5.37. The molecule has 0 spiro atoms. The summed E-state index contributed by atoms with van der Waals surface area (Å²) in [6.45, 7) is 1.88. The maximum atomic E-state index is 12.6. The smallest absolute Gasteiger partial charge is 0.310 e. The Morgan fingerprint density at radius 3 is 2.32 bits per heavy atom. The molecule has 3 rings (SSSR count). The number of amides is 1. The molecule has 1 amide bonds. The number of carbonyl (C=O) groups excluding carboxylic acids is 1. The van der Waals surface area contributed by atoms with E-state index in [4.69, 9.17) is 4.74 Å². The molecule has 5 nitrogen and oxygen atoms in total. The van der Waals surface area contributed by atoms with Gasteiger partial charge < -0.3 is 15.2 Å². The lowest BCUT2D eigenvalue weighted by atomic mass is 9.82. The number of rotatable bonds is 3. The van der Waals surface area contributed by atoms with Crippen molar-refractivity contribution in [3.8, 4) is 0 Å². The van der Waals surface area contributed by atoms with E-state index in [9.17, 15) is 14.7 Å². The van der Waals surface area contributed by atoms with Crippen LogP contribution in [-0.2, 0) is 14.3 Å². The van der Waals surface area contributed by atoms with Crippen LogP contribution in [0.2, 0.25) is 0 Å². The number of aryl methyl sites for hydroxylation is 1. The Kier molecular flexibility index (Phi) is 4.13. The maximum absolute atomic E-state index is 12.6.